The first-order valence-corrected chi connectivity index (χ1v) is 9.34. The van der Waals surface area contributed by atoms with Crippen LogP contribution in [-0.4, -0.2) is 33.0 Å². The van der Waals surface area contributed by atoms with Crippen LogP contribution in [0.25, 0.3) is 0 Å². The number of halogens is 1. The number of aromatic amines is 1. The molecule has 0 atom stereocenters. The van der Waals surface area contributed by atoms with E-state index in [0.29, 0.717) is 40.8 Å². The highest BCUT2D eigenvalue weighted by Gasteiger charge is 2.26. The van der Waals surface area contributed by atoms with E-state index < -0.39 is 0 Å². The largest absolute Gasteiger partial charge is 0.356 e. The lowest BCUT2D eigenvalue weighted by Crippen LogP contribution is -2.26. The Morgan fingerprint density at radius 3 is 3.00 bits per heavy atom. The van der Waals surface area contributed by atoms with Crippen molar-refractivity contribution in [3.63, 3.8) is 0 Å². The van der Waals surface area contributed by atoms with Crippen LogP contribution in [-0.2, 0) is 11.2 Å². The zero-order chi connectivity index (χ0) is 16.9. The Kier molecular flexibility index (Phi) is 5.68. The molecule has 1 amide bonds. The van der Waals surface area contributed by atoms with Gasteiger partial charge in [-0.05, 0) is 37.2 Å². The highest BCUT2D eigenvalue weighted by molar-refractivity contribution is 7.99. The molecule has 1 aliphatic carbocycles. The maximum absolute atomic E-state index is 13.5. The normalized spacial score (nSPS) is 13.9. The quantitative estimate of drug-likeness (QED) is 0.556. The molecule has 3 rings (SSSR count). The van der Waals surface area contributed by atoms with Crippen LogP contribution in [0.2, 0.25) is 0 Å². The molecule has 128 valence electrons. The van der Waals surface area contributed by atoms with Gasteiger partial charge in [-0.1, -0.05) is 12.1 Å². The third-order valence-corrected chi connectivity index (χ3v) is 5.12. The standard InChI is InChI=1S/C16H19FN4OS2/c17-12-3-1-2-4-13(12)24-10-8-15(22)18-9-7-14-19-20-16(23)21(14)11-5-6-11/h1-4,11H,5-10H2,(H,18,22)(H,20,23). The number of carbonyl (C=O) groups is 1. The van der Waals surface area contributed by atoms with Crippen LogP contribution in [0.3, 0.4) is 0 Å². The Bertz CT molecular complexity index is 769. The number of thioether (sulfide) groups is 1. The number of rotatable bonds is 8. The molecule has 1 aliphatic rings. The van der Waals surface area contributed by atoms with Crippen molar-refractivity contribution in [1.82, 2.24) is 20.1 Å². The van der Waals surface area contributed by atoms with E-state index in [1.165, 1.54) is 17.8 Å². The molecular weight excluding hydrogens is 347 g/mol. The minimum absolute atomic E-state index is 0.0362. The van der Waals surface area contributed by atoms with Crippen LogP contribution < -0.4 is 5.32 Å². The summed E-state index contributed by atoms with van der Waals surface area (Å²) in [7, 11) is 0. The van der Waals surface area contributed by atoms with Crippen LogP contribution >= 0.6 is 24.0 Å². The molecule has 5 nitrogen and oxygen atoms in total. The van der Waals surface area contributed by atoms with Crippen molar-refractivity contribution in [2.75, 3.05) is 12.3 Å². The Labute approximate surface area is 149 Å². The monoisotopic (exact) mass is 366 g/mol. The van der Waals surface area contributed by atoms with Gasteiger partial charge in [0.2, 0.25) is 5.91 Å². The summed E-state index contributed by atoms with van der Waals surface area (Å²) < 4.78 is 16.2. The van der Waals surface area contributed by atoms with Crippen molar-refractivity contribution >= 4 is 29.9 Å². The summed E-state index contributed by atoms with van der Waals surface area (Å²) in [5, 5.41) is 9.93. The van der Waals surface area contributed by atoms with E-state index in [0.717, 1.165) is 18.7 Å². The fraction of sp³-hybridized carbons (Fsp3) is 0.438. The minimum Gasteiger partial charge on any atom is -0.356 e. The van der Waals surface area contributed by atoms with Gasteiger partial charge in [-0.2, -0.15) is 5.10 Å². The molecule has 0 aliphatic heterocycles. The SMILES string of the molecule is O=C(CCSc1ccccc1F)NCCc1n[nH]c(=S)n1C1CC1. The predicted octanol–water partition coefficient (Wildman–Crippen LogP) is 3.26. The lowest BCUT2D eigenvalue weighted by Gasteiger charge is -2.07. The third kappa shape index (κ3) is 4.45. The van der Waals surface area contributed by atoms with Crippen molar-refractivity contribution in [2.24, 2.45) is 0 Å². The van der Waals surface area contributed by atoms with E-state index >= 15 is 0 Å². The number of aromatic nitrogens is 3. The Morgan fingerprint density at radius 2 is 2.25 bits per heavy atom. The summed E-state index contributed by atoms with van der Waals surface area (Å²) in [6.07, 6.45) is 3.28. The Morgan fingerprint density at radius 1 is 1.46 bits per heavy atom. The lowest BCUT2D eigenvalue weighted by atomic mass is 10.3. The highest BCUT2D eigenvalue weighted by Crippen LogP contribution is 2.35. The fourth-order valence-electron chi connectivity index (χ4n) is 2.44. The van der Waals surface area contributed by atoms with Crippen LogP contribution in [0.5, 0.6) is 0 Å². The molecule has 0 unspecified atom stereocenters. The third-order valence-electron chi connectivity index (χ3n) is 3.78. The van der Waals surface area contributed by atoms with Crippen LogP contribution in [0.1, 0.15) is 31.1 Å². The lowest BCUT2D eigenvalue weighted by molar-refractivity contribution is -0.120. The van der Waals surface area contributed by atoms with Crippen LogP contribution in [0, 0.1) is 10.6 Å². The van der Waals surface area contributed by atoms with E-state index in [9.17, 15) is 9.18 Å². The van der Waals surface area contributed by atoms with Gasteiger partial charge in [-0.15, -0.1) is 11.8 Å². The summed E-state index contributed by atoms with van der Waals surface area (Å²) in [5.41, 5.74) is 0. The number of hydrogen-bond acceptors (Lipinski definition) is 4. The molecule has 0 bridgehead atoms. The summed E-state index contributed by atoms with van der Waals surface area (Å²) in [4.78, 5) is 12.4. The second-order valence-corrected chi connectivity index (χ2v) is 7.20. The number of benzene rings is 1. The van der Waals surface area contributed by atoms with Gasteiger partial charge in [0.05, 0.1) is 0 Å². The maximum Gasteiger partial charge on any atom is 0.220 e. The summed E-state index contributed by atoms with van der Waals surface area (Å²) >= 11 is 6.58. The first kappa shape index (κ1) is 17.2. The molecular formula is C16H19FN4OS2. The van der Waals surface area contributed by atoms with E-state index in [1.54, 1.807) is 18.2 Å². The molecule has 1 aromatic carbocycles. The molecule has 8 heteroatoms. The number of hydrogen-bond donors (Lipinski definition) is 2. The molecule has 1 heterocycles. The first-order chi connectivity index (χ1) is 11.6. The van der Waals surface area contributed by atoms with E-state index in [1.807, 2.05) is 0 Å². The molecule has 1 fully saturated rings. The number of H-pyrrole nitrogens is 1. The molecule has 2 aromatic rings. The van der Waals surface area contributed by atoms with Gasteiger partial charge in [0.1, 0.15) is 11.6 Å². The van der Waals surface area contributed by atoms with Crippen LogP contribution in [0.15, 0.2) is 29.2 Å². The Balaban J connectivity index is 1.39. The smallest absolute Gasteiger partial charge is 0.220 e. The second kappa shape index (κ2) is 7.94. The van der Waals surface area contributed by atoms with Gasteiger partial charge in [-0.25, -0.2) is 4.39 Å². The highest BCUT2D eigenvalue weighted by atomic mass is 32.2. The molecule has 0 saturated heterocycles. The molecule has 24 heavy (non-hydrogen) atoms. The van der Waals surface area contributed by atoms with Crippen LogP contribution in [0.4, 0.5) is 4.39 Å². The number of nitrogens with zero attached hydrogens (tertiary/aromatic N) is 2. The predicted molar refractivity (Wildman–Crippen MR) is 94.1 cm³/mol. The van der Waals surface area contributed by atoms with Crippen molar-refractivity contribution in [3.05, 3.63) is 40.7 Å². The van der Waals surface area contributed by atoms with Gasteiger partial charge in [0.15, 0.2) is 4.77 Å². The van der Waals surface area contributed by atoms with E-state index in [-0.39, 0.29) is 11.7 Å². The van der Waals surface area contributed by atoms with Crippen molar-refractivity contribution in [2.45, 2.75) is 36.6 Å². The van der Waals surface area contributed by atoms with E-state index in [2.05, 4.69) is 20.1 Å². The van der Waals surface area contributed by atoms with Crippen molar-refractivity contribution < 1.29 is 9.18 Å². The van der Waals surface area contributed by atoms with Gasteiger partial charge >= 0.3 is 0 Å². The van der Waals surface area contributed by atoms with Crippen molar-refractivity contribution in [1.29, 1.82) is 0 Å². The van der Waals surface area contributed by atoms with Gasteiger partial charge < -0.3 is 9.88 Å². The van der Waals surface area contributed by atoms with Gasteiger partial charge in [0.25, 0.3) is 0 Å². The van der Waals surface area contributed by atoms with Crippen molar-refractivity contribution in [3.8, 4) is 0 Å². The van der Waals surface area contributed by atoms with Gasteiger partial charge in [0, 0.05) is 36.1 Å². The fourth-order valence-corrected chi connectivity index (χ4v) is 3.63. The molecule has 0 radical (unpaired) electrons. The summed E-state index contributed by atoms with van der Waals surface area (Å²) in [5.74, 6) is 1.16. The average Bonchev–Trinajstić information content (AvgIpc) is 3.33. The zero-order valence-electron chi connectivity index (χ0n) is 13.1. The zero-order valence-corrected chi connectivity index (χ0v) is 14.8. The topological polar surface area (TPSA) is 62.7 Å². The van der Waals surface area contributed by atoms with E-state index in [4.69, 9.17) is 12.2 Å². The average molecular weight is 366 g/mol. The van der Waals surface area contributed by atoms with Gasteiger partial charge in [-0.3, -0.25) is 9.89 Å². The maximum atomic E-state index is 13.5. The number of carbonyl (C=O) groups excluding carboxylic acids is 1. The molecule has 2 N–H and O–H groups in total. The molecule has 1 saturated carbocycles. The summed E-state index contributed by atoms with van der Waals surface area (Å²) in [6, 6.07) is 7.06. The molecule has 0 spiro atoms. The Hall–Kier alpha value is -1.67. The first-order valence-electron chi connectivity index (χ1n) is 7.95. The minimum atomic E-state index is -0.245. The molecule has 1 aromatic heterocycles. The number of nitrogens with one attached hydrogen (secondary N) is 2. The second-order valence-electron chi connectivity index (χ2n) is 5.67. The summed E-state index contributed by atoms with van der Waals surface area (Å²) in [6.45, 7) is 0.523. The number of amides is 1.